The average Bonchev–Trinajstić information content (AvgIpc) is 3.12. The summed E-state index contributed by atoms with van der Waals surface area (Å²) in [6, 6.07) is 0. The fourth-order valence-corrected chi connectivity index (χ4v) is 4.87. The number of aromatic nitrogens is 2. The minimum absolute atomic E-state index is 0.0106. The van der Waals surface area contributed by atoms with E-state index in [4.69, 9.17) is 9.15 Å². The van der Waals surface area contributed by atoms with Crippen LogP contribution in [-0.4, -0.2) is 73.0 Å². The van der Waals surface area contributed by atoms with E-state index < -0.39 is 9.84 Å². The highest BCUT2D eigenvalue weighted by Crippen LogP contribution is 2.29. The van der Waals surface area contributed by atoms with Gasteiger partial charge in [0.15, 0.2) is 9.84 Å². The summed E-state index contributed by atoms with van der Waals surface area (Å²) in [6.07, 6.45) is 0.515. The van der Waals surface area contributed by atoms with Crippen LogP contribution in [0.4, 0.5) is 0 Å². The Hall–Kier alpha value is -1.13. The molecule has 1 aromatic heterocycles. The maximum Gasteiger partial charge on any atom is 0.277 e. The van der Waals surface area contributed by atoms with Crippen molar-refractivity contribution in [3.63, 3.8) is 0 Å². The summed E-state index contributed by atoms with van der Waals surface area (Å²) in [7, 11) is -2.98. The van der Waals surface area contributed by atoms with Crippen LogP contribution < -0.4 is 0 Å². The van der Waals surface area contributed by atoms with Gasteiger partial charge in [-0.25, -0.2) is 8.42 Å². The summed E-state index contributed by atoms with van der Waals surface area (Å²) in [5, 5.41) is 8.10. The van der Waals surface area contributed by atoms with Crippen LogP contribution in [0.15, 0.2) is 9.64 Å². The number of nitrogens with zero attached hydrogens (tertiary/aromatic N) is 3. The van der Waals surface area contributed by atoms with Gasteiger partial charge in [-0.15, -0.1) is 10.2 Å². The number of morpholine rings is 1. The van der Waals surface area contributed by atoms with Gasteiger partial charge in [0.1, 0.15) is 0 Å². The molecule has 8 nitrogen and oxygen atoms in total. The first-order valence-corrected chi connectivity index (χ1v) is 9.86. The number of rotatable bonds is 4. The zero-order chi connectivity index (χ0) is 15.6. The third-order valence-electron chi connectivity index (χ3n) is 3.69. The molecule has 2 aliphatic rings. The third-order valence-corrected chi connectivity index (χ3v) is 6.26. The van der Waals surface area contributed by atoms with E-state index in [0.717, 1.165) is 0 Å². The lowest BCUT2D eigenvalue weighted by Crippen LogP contribution is -2.41. The van der Waals surface area contributed by atoms with Crippen molar-refractivity contribution >= 4 is 27.5 Å². The van der Waals surface area contributed by atoms with E-state index in [1.165, 1.54) is 11.8 Å². The molecule has 3 rings (SSSR count). The van der Waals surface area contributed by atoms with Crippen molar-refractivity contribution in [1.29, 1.82) is 0 Å². The number of carbonyl (C=O) groups is 1. The summed E-state index contributed by atoms with van der Waals surface area (Å²) in [5.74, 6) is 0.593. The molecular weight excluding hydrogens is 330 g/mol. The van der Waals surface area contributed by atoms with Gasteiger partial charge in [-0.05, 0) is 6.42 Å². The van der Waals surface area contributed by atoms with Crippen molar-refractivity contribution in [3.05, 3.63) is 5.89 Å². The van der Waals surface area contributed by atoms with Crippen LogP contribution in [0.25, 0.3) is 0 Å². The first kappa shape index (κ1) is 15.8. The summed E-state index contributed by atoms with van der Waals surface area (Å²) in [4.78, 5) is 13.7. The molecule has 0 spiro atoms. The number of thioether (sulfide) groups is 1. The number of carbonyl (C=O) groups excluding carboxylic acids is 1. The Kier molecular flexibility index (Phi) is 4.69. The maximum absolute atomic E-state index is 12.0. The highest BCUT2D eigenvalue weighted by molar-refractivity contribution is 7.99. The smallest absolute Gasteiger partial charge is 0.277 e. The van der Waals surface area contributed by atoms with Gasteiger partial charge in [0.2, 0.25) is 11.8 Å². The van der Waals surface area contributed by atoms with E-state index in [2.05, 4.69) is 10.2 Å². The van der Waals surface area contributed by atoms with Crippen LogP contribution in [-0.2, 0) is 19.4 Å². The van der Waals surface area contributed by atoms with E-state index in [0.29, 0.717) is 43.8 Å². The summed E-state index contributed by atoms with van der Waals surface area (Å²) in [6.45, 7) is 2.34. The fraction of sp³-hybridized carbons (Fsp3) is 0.750. The first-order valence-electron chi connectivity index (χ1n) is 7.06. The van der Waals surface area contributed by atoms with E-state index in [-0.39, 0.29) is 29.1 Å². The lowest BCUT2D eigenvalue weighted by molar-refractivity contribution is -0.132. The van der Waals surface area contributed by atoms with E-state index in [1.807, 2.05) is 0 Å². The standard InChI is InChI=1S/C12H17N3O5S2/c16-10(15-2-4-19-5-3-15)7-21-12-14-13-11(20-12)9-1-6-22(17,18)8-9/h9H,1-8H2/t9-/m1/s1. The van der Waals surface area contributed by atoms with Crippen molar-refractivity contribution < 1.29 is 22.4 Å². The summed E-state index contributed by atoms with van der Waals surface area (Å²) in [5.41, 5.74) is 0. The minimum Gasteiger partial charge on any atom is -0.416 e. The van der Waals surface area contributed by atoms with Gasteiger partial charge < -0.3 is 14.1 Å². The second-order valence-corrected chi connectivity index (χ2v) is 8.44. The molecule has 0 radical (unpaired) electrons. The Labute approximate surface area is 132 Å². The predicted octanol–water partition coefficient (Wildman–Crippen LogP) is -0.0774. The van der Waals surface area contributed by atoms with Gasteiger partial charge in [0.25, 0.3) is 5.22 Å². The minimum atomic E-state index is -2.98. The van der Waals surface area contributed by atoms with Crippen LogP contribution >= 0.6 is 11.8 Å². The van der Waals surface area contributed by atoms with E-state index in [1.54, 1.807) is 4.90 Å². The van der Waals surface area contributed by atoms with Crippen molar-refractivity contribution in [2.45, 2.75) is 17.6 Å². The monoisotopic (exact) mass is 347 g/mol. The lowest BCUT2D eigenvalue weighted by Gasteiger charge is -2.26. The zero-order valence-electron chi connectivity index (χ0n) is 11.9. The number of sulfone groups is 1. The first-order chi connectivity index (χ1) is 10.5. The van der Waals surface area contributed by atoms with Crippen molar-refractivity contribution in [2.24, 2.45) is 0 Å². The van der Waals surface area contributed by atoms with Crippen LogP contribution in [0.5, 0.6) is 0 Å². The van der Waals surface area contributed by atoms with Gasteiger partial charge in [0.05, 0.1) is 36.4 Å². The van der Waals surface area contributed by atoms with Crippen molar-refractivity contribution in [3.8, 4) is 0 Å². The third kappa shape index (κ3) is 3.79. The molecule has 0 saturated carbocycles. The van der Waals surface area contributed by atoms with Crippen molar-refractivity contribution in [2.75, 3.05) is 43.6 Å². The Morgan fingerprint density at radius 3 is 2.77 bits per heavy atom. The topological polar surface area (TPSA) is 103 Å². The molecule has 2 saturated heterocycles. The Morgan fingerprint density at radius 2 is 2.09 bits per heavy atom. The van der Waals surface area contributed by atoms with Gasteiger partial charge in [-0.2, -0.15) is 0 Å². The highest BCUT2D eigenvalue weighted by atomic mass is 32.2. The molecule has 3 heterocycles. The summed E-state index contributed by atoms with van der Waals surface area (Å²) < 4.78 is 33.6. The predicted molar refractivity (Wildman–Crippen MR) is 78.4 cm³/mol. The normalized spacial score (nSPS) is 24.5. The van der Waals surface area contributed by atoms with Crippen LogP contribution in [0.2, 0.25) is 0 Å². The fourth-order valence-electron chi connectivity index (χ4n) is 2.46. The molecule has 0 aromatic carbocycles. The van der Waals surface area contributed by atoms with E-state index >= 15 is 0 Å². The molecule has 1 atom stereocenters. The SMILES string of the molecule is O=C(CSc1nnc([C@@H]2CCS(=O)(=O)C2)o1)N1CCOCC1. The van der Waals surface area contributed by atoms with Crippen LogP contribution in [0.3, 0.4) is 0 Å². The van der Waals surface area contributed by atoms with Gasteiger partial charge in [0, 0.05) is 13.1 Å². The van der Waals surface area contributed by atoms with E-state index in [9.17, 15) is 13.2 Å². The molecule has 10 heteroatoms. The van der Waals surface area contributed by atoms with Crippen LogP contribution in [0, 0.1) is 0 Å². The highest BCUT2D eigenvalue weighted by Gasteiger charge is 2.32. The Bertz CT molecular complexity index is 639. The molecule has 0 bridgehead atoms. The Morgan fingerprint density at radius 1 is 1.32 bits per heavy atom. The molecule has 122 valence electrons. The lowest BCUT2D eigenvalue weighted by atomic mass is 10.1. The van der Waals surface area contributed by atoms with Gasteiger partial charge in [-0.1, -0.05) is 11.8 Å². The number of ether oxygens (including phenoxy) is 1. The molecule has 1 aromatic rings. The van der Waals surface area contributed by atoms with Crippen LogP contribution in [0.1, 0.15) is 18.2 Å². The number of hydrogen-bond acceptors (Lipinski definition) is 8. The molecule has 0 unspecified atom stereocenters. The largest absolute Gasteiger partial charge is 0.416 e. The maximum atomic E-state index is 12.0. The molecular formula is C12H17N3O5S2. The quantitative estimate of drug-likeness (QED) is 0.697. The van der Waals surface area contributed by atoms with Gasteiger partial charge >= 0.3 is 0 Å². The molecule has 0 aliphatic carbocycles. The summed E-state index contributed by atoms with van der Waals surface area (Å²) >= 11 is 1.18. The van der Waals surface area contributed by atoms with Crippen molar-refractivity contribution in [1.82, 2.24) is 15.1 Å². The van der Waals surface area contributed by atoms with Gasteiger partial charge in [-0.3, -0.25) is 4.79 Å². The number of hydrogen-bond donors (Lipinski definition) is 0. The second kappa shape index (κ2) is 6.55. The zero-order valence-corrected chi connectivity index (χ0v) is 13.6. The molecule has 2 fully saturated rings. The molecule has 2 aliphatic heterocycles. The molecule has 1 amide bonds. The average molecular weight is 347 g/mol. The molecule has 22 heavy (non-hydrogen) atoms. The Balaban J connectivity index is 1.52. The second-order valence-electron chi connectivity index (χ2n) is 5.29. The number of amides is 1. The molecule has 0 N–H and O–H groups in total.